The first kappa shape index (κ1) is 28.6. The van der Waals surface area contributed by atoms with Crippen molar-refractivity contribution in [1.29, 1.82) is 0 Å². The fourth-order valence-electron chi connectivity index (χ4n) is 4.60. The van der Waals surface area contributed by atoms with Gasteiger partial charge in [0.15, 0.2) is 5.75 Å². The molecule has 0 unspecified atom stereocenters. The van der Waals surface area contributed by atoms with Crippen LogP contribution in [-0.4, -0.2) is 18.1 Å². The normalized spacial score (nSPS) is 11.6. The van der Waals surface area contributed by atoms with Gasteiger partial charge < -0.3 is 19.2 Å². The Labute approximate surface area is 247 Å². The molecule has 0 bridgehead atoms. The van der Waals surface area contributed by atoms with Gasteiger partial charge in [0.1, 0.15) is 18.2 Å². The first-order valence-corrected chi connectivity index (χ1v) is 13.8. The number of halogens is 1. The number of fused-ring (bicyclic) bond motifs is 1. The average Bonchev–Trinajstić information content (AvgIpc) is 3.00. The van der Waals surface area contributed by atoms with Gasteiger partial charge in [0.05, 0.1) is 5.02 Å². The van der Waals surface area contributed by atoms with Crippen molar-refractivity contribution < 1.29 is 23.5 Å². The van der Waals surface area contributed by atoms with Gasteiger partial charge in [-0.15, -0.1) is 0 Å². The molecule has 1 N–H and O–H groups in total. The lowest BCUT2D eigenvalue weighted by atomic mass is 9.99. The number of amides is 1. The van der Waals surface area contributed by atoms with Crippen LogP contribution in [0.1, 0.15) is 27.8 Å². The maximum atomic E-state index is 13.4. The van der Waals surface area contributed by atoms with Crippen LogP contribution in [0.15, 0.2) is 112 Å². The van der Waals surface area contributed by atoms with Gasteiger partial charge in [0, 0.05) is 29.9 Å². The van der Waals surface area contributed by atoms with Crippen molar-refractivity contribution in [1.82, 2.24) is 5.32 Å². The summed E-state index contributed by atoms with van der Waals surface area (Å²) in [4.78, 5) is 38.9. The highest BCUT2D eigenvalue weighted by molar-refractivity contribution is 6.33. The summed E-state index contributed by atoms with van der Waals surface area (Å²) in [6.07, 6.45) is -0.205. The monoisotopic (exact) mass is 581 g/mol. The fraction of sp³-hybridized carbons (Fsp3) is 0.147. The number of hydrogen-bond donors (Lipinski definition) is 1. The lowest BCUT2D eigenvalue weighted by Crippen LogP contribution is -2.44. The van der Waals surface area contributed by atoms with Crippen molar-refractivity contribution in [2.75, 3.05) is 0 Å². The van der Waals surface area contributed by atoms with Crippen LogP contribution in [0.4, 0.5) is 4.79 Å². The lowest BCUT2D eigenvalue weighted by molar-refractivity contribution is -0.136. The first-order valence-electron chi connectivity index (χ1n) is 13.4. The molecule has 5 rings (SSSR count). The Morgan fingerprint density at radius 2 is 1.45 bits per heavy atom. The van der Waals surface area contributed by atoms with E-state index in [2.05, 4.69) is 5.32 Å². The van der Waals surface area contributed by atoms with Crippen molar-refractivity contribution >= 4 is 34.6 Å². The molecule has 5 aromatic rings. The van der Waals surface area contributed by atoms with E-state index in [0.717, 1.165) is 22.3 Å². The number of aryl methyl sites for hydroxylation is 1. The van der Waals surface area contributed by atoms with E-state index < -0.39 is 23.7 Å². The predicted molar refractivity (Wildman–Crippen MR) is 161 cm³/mol. The minimum Gasteiger partial charge on any atom is -0.445 e. The molecule has 212 valence electrons. The maximum Gasteiger partial charge on any atom is 0.408 e. The third-order valence-electron chi connectivity index (χ3n) is 6.85. The summed E-state index contributed by atoms with van der Waals surface area (Å²) in [5.74, 6) is -0.749. The molecule has 1 amide bonds. The van der Waals surface area contributed by atoms with Crippen molar-refractivity contribution in [3.05, 3.63) is 146 Å². The number of rotatable bonds is 9. The van der Waals surface area contributed by atoms with Crippen LogP contribution >= 0.6 is 11.6 Å². The van der Waals surface area contributed by atoms with Gasteiger partial charge in [-0.25, -0.2) is 14.4 Å². The van der Waals surface area contributed by atoms with Gasteiger partial charge >= 0.3 is 17.7 Å². The molecule has 0 saturated carbocycles. The summed E-state index contributed by atoms with van der Waals surface area (Å²) < 4.78 is 16.6. The number of benzene rings is 4. The molecule has 0 spiro atoms. The zero-order chi connectivity index (χ0) is 29.5. The average molecular weight is 582 g/mol. The molecular formula is C34H28ClNO6. The number of carbonyl (C=O) groups excluding carboxylic acids is 2. The molecule has 0 saturated heterocycles. The molecule has 8 heteroatoms. The molecule has 0 fully saturated rings. The highest BCUT2D eigenvalue weighted by atomic mass is 35.5. The van der Waals surface area contributed by atoms with Crippen LogP contribution < -0.4 is 15.7 Å². The zero-order valence-electron chi connectivity index (χ0n) is 22.8. The van der Waals surface area contributed by atoms with Crippen LogP contribution in [0.2, 0.25) is 5.02 Å². The summed E-state index contributed by atoms with van der Waals surface area (Å²) in [6.45, 7) is 1.88. The highest BCUT2D eigenvalue weighted by Crippen LogP contribution is 2.32. The number of hydrogen-bond acceptors (Lipinski definition) is 6. The largest absolute Gasteiger partial charge is 0.445 e. The van der Waals surface area contributed by atoms with Gasteiger partial charge in [0.25, 0.3) is 0 Å². The number of carbonyl (C=O) groups is 2. The van der Waals surface area contributed by atoms with E-state index in [4.69, 9.17) is 25.5 Å². The lowest BCUT2D eigenvalue weighted by Gasteiger charge is -2.18. The standard InChI is InChI=1S/C34H28ClNO6/c1-22-26-19-28(35)31(20-30(26)41-32(37)27(22)17-23-11-5-2-6-12-23)42-33(38)29(18-24-13-7-3-8-14-24)36-34(39)40-21-25-15-9-4-10-16-25/h2-16,19-20,29H,17-18,21H2,1H3,(H,36,39)/t29-/m0/s1. The second-order valence-electron chi connectivity index (χ2n) is 9.80. The number of nitrogens with one attached hydrogen (secondary N) is 1. The topological polar surface area (TPSA) is 94.8 Å². The molecule has 0 aliphatic carbocycles. The molecule has 7 nitrogen and oxygen atoms in total. The molecule has 1 heterocycles. The smallest absolute Gasteiger partial charge is 0.408 e. The van der Waals surface area contributed by atoms with E-state index in [1.807, 2.05) is 97.9 Å². The molecule has 0 aliphatic heterocycles. The zero-order valence-corrected chi connectivity index (χ0v) is 23.6. The van der Waals surface area contributed by atoms with Gasteiger partial charge in [0.2, 0.25) is 0 Å². The van der Waals surface area contributed by atoms with Gasteiger partial charge in [-0.1, -0.05) is 103 Å². The summed E-state index contributed by atoms with van der Waals surface area (Å²) in [7, 11) is 0. The Kier molecular flexibility index (Phi) is 8.99. The Bertz CT molecular complexity index is 1750. The van der Waals surface area contributed by atoms with E-state index >= 15 is 0 Å². The van der Waals surface area contributed by atoms with Crippen LogP contribution in [0, 0.1) is 6.92 Å². The molecule has 1 atom stereocenters. The van der Waals surface area contributed by atoms with E-state index in [1.165, 1.54) is 6.07 Å². The van der Waals surface area contributed by atoms with Crippen LogP contribution in [-0.2, 0) is 29.0 Å². The van der Waals surface area contributed by atoms with Crippen LogP contribution in [0.5, 0.6) is 5.75 Å². The number of ether oxygens (including phenoxy) is 2. The molecule has 0 radical (unpaired) electrons. The third kappa shape index (κ3) is 7.06. The SMILES string of the molecule is Cc1c(Cc2ccccc2)c(=O)oc2cc(OC(=O)[C@H](Cc3ccccc3)NC(=O)OCc3ccccc3)c(Cl)cc12. The number of alkyl carbamates (subject to hydrolysis) is 1. The summed E-state index contributed by atoms with van der Waals surface area (Å²) in [5.41, 5.74) is 3.60. The maximum absolute atomic E-state index is 13.4. The van der Waals surface area contributed by atoms with Crippen molar-refractivity contribution in [3.8, 4) is 5.75 Å². The van der Waals surface area contributed by atoms with Crippen molar-refractivity contribution in [3.63, 3.8) is 0 Å². The minimum atomic E-state index is -1.08. The molecule has 1 aromatic heterocycles. The van der Waals surface area contributed by atoms with E-state index in [1.54, 1.807) is 6.07 Å². The van der Waals surface area contributed by atoms with E-state index in [-0.39, 0.29) is 29.4 Å². The Morgan fingerprint density at radius 3 is 2.10 bits per heavy atom. The first-order chi connectivity index (χ1) is 20.4. The molecule has 0 aliphatic rings. The summed E-state index contributed by atoms with van der Waals surface area (Å²) >= 11 is 6.55. The second kappa shape index (κ2) is 13.2. The quantitative estimate of drug-likeness (QED) is 0.117. The fourth-order valence-corrected chi connectivity index (χ4v) is 4.80. The van der Waals surface area contributed by atoms with Crippen LogP contribution in [0.3, 0.4) is 0 Å². The van der Waals surface area contributed by atoms with Crippen molar-refractivity contribution in [2.45, 2.75) is 32.4 Å². The van der Waals surface area contributed by atoms with Gasteiger partial charge in [-0.3, -0.25) is 0 Å². The van der Waals surface area contributed by atoms with Crippen LogP contribution in [0.25, 0.3) is 11.0 Å². The third-order valence-corrected chi connectivity index (χ3v) is 7.14. The summed E-state index contributed by atoms with van der Waals surface area (Å²) in [6, 6.07) is 30.0. The van der Waals surface area contributed by atoms with Gasteiger partial charge in [-0.2, -0.15) is 0 Å². The second-order valence-corrected chi connectivity index (χ2v) is 10.2. The highest BCUT2D eigenvalue weighted by Gasteiger charge is 2.26. The Hall–Kier alpha value is -4.88. The molecule has 42 heavy (non-hydrogen) atoms. The van der Waals surface area contributed by atoms with E-state index in [0.29, 0.717) is 17.4 Å². The molecular weight excluding hydrogens is 554 g/mol. The minimum absolute atomic E-state index is 0.00467. The molecule has 4 aromatic carbocycles. The predicted octanol–water partition coefficient (Wildman–Crippen LogP) is 6.79. The summed E-state index contributed by atoms with van der Waals surface area (Å²) in [5, 5.41) is 3.40. The van der Waals surface area contributed by atoms with E-state index in [9.17, 15) is 14.4 Å². The Morgan fingerprint density at radius 1 is 0.857 bits per heavy atom. The Balaban J connectivity index is 1.36. The van der Waals surface area contributed by atoms with Crippen molar-refractivity contribution in [2.24, 2.45) is 0 Å². The number of esters is 1. The van der Waals surface area contributed by atoms with Gasteiger partial charge in [-0.05, 0) is 35.2 Å².